The first-order valence-electron chi connectivity index (χ1n) is 6.88. The Kier molecular flexibility index (Phi) is 3.68. The molecule has 1 aromatic carbocycles. The second kappa shape index (κ2) is 5.51. The summed E-state index contributed by atoms with van der Waals surface area (Å²) in [6, 6.07) is 6.63. The molecule has 0 aliphatic carbocycles. The molecule has 2 heterocycles. The third-order valence-corrected chi connectivity index (χ3v) is 3.85. The first kappa shape index (κ1) is 14.7. The lowest BCUT2D eigenvalue weighted by atomic mass is 10.2. The standard InChI is InChI=1S/C16H15ClN4O/c1-9-6-7-19-8-13(9)21-15(10(2)18)20-12-5-3-4-11(17)14(12)16(21)22/h3-8,10H,18H2,1-2H3/t10-/m0/s1. The van der Waals surface area contributed by atoms with Gasteiger partial charge in [0.1, 0.15) is 5.82 Å². The quantitative estimate of drug-likeness (QED) is 0.789. The summed E-state index contributed by atoms with van der Waals surface area (Å²) < 4.78 is 1.50. The highest BCUT2D eigenvalue weighted by Crippen LogP contribution is 2.22. The summed E-state index contributed by atoms with van der Waals surface area (Å²) >= 11 is 6.19. The minimum absolute atomic E-state index is 0.237. The third-order valence-electron chi connectivity index (χ3n) is 3.53. The first-order chi connectivity index (χ1) is 10.5. The van der Waals surface area contributed by atoms with Crippen molar-refractivity contribution in [3.05, 3.63) is 63.4 Å². The summed E-state index contributed by atoms with van der Waals surface area (Å²) in [4.78, 5) is 21.6. The van der Waals surface area contributed by atoms with E-state index < -0.39 is 6.04 Å². The molecule has 6 heteroatoms. The van der Waals surface area contributed by atoms with E-state index in [2.05, 4.69) is 9.97 Å². The predicted molar refractivity (Wildman–Crippen MR) is 87.5 cm³/mol. The van der Waals surface area contributed by atoms with Crippen molar-refractivity contribution in [3.63, 3.8) is 0 Å². The molecule has 0 fully saturated rings. The van der Waals surface area contributed by atoms with E-state index in [4.69, 9.17) is 17.3 Å². The fourth-order valence-electron chi connectivity index (χ4n) is 2.43. The number of benzene rings is 1. The van der Waals surface area contributed by atoms with Gasteiger partial charge in [-0.25, -0.2) is 4.98 Å². The van der Waals surface area contributed by atoms with E-state index in [9.17, 15) is 4.79 Å². The van der Waals surface area contributed by atoms with Crippen LogP contribution in [0.15, 0.2) is 41.5 Å². The van der Waals surface area contributed by atoms with Gasteiger partial charge in [0, 0.05) is 6.20 Å². The number of aryl methyl sites for hydroxylation is 1. The van der Waals surface area contributed by atoms with E-state index in [-0.39, 0.29) is 5.56 Å². The first-order valence-corrected chi connectivity index (χ1v) is 7.26. The second-order valence-corrected chi connectivity index (χ2v) is 5.60. The van der Waals surface area contributed by atoms with Crippen molar-refractivity contribution < 1.29 is 0 Å². The Balaban J connectivity index is 2.50. The van der Waals surface area contributed by atoms with E-state index in [1.165, 1.54) is 4.57 Å². The zero-order valence-corrected chi connectivity index (χ0v) is 13.0. The van der Waals surface area contributed by atoms with E-state index in [1.54, 1.807) is 37.5 Å². The van der Waals surface area contributed by atoms with Crippen LogP contribution in [0.2, 0.25) is 5.02 Å². The Labute approximate surface area is 132 Å². The van der Waals surface area contributed by atoms with Crippen molar-refractivity contribution >= 4 is 22.5 Å². The number of rotatable bonds is 2. The second-order valence-electron chi connectivity index (χ2n) is 5.20. The summed E-state index contributed by atoms with van der Waals surface area (Å²) in [5.74, 6) is 0.482. The number of nitrogens with two attached hydrogens (primary N) is 1. The monoisotopic (exact) mass is 314 g/mol. The molecule has 2 aromatic heterocycles. The molecule has 0 spiro atoms. The summed E-state index contributed by atoms with van der Waals surface area (Å²) in [6.45, 7) is 3.70. The average Bonchev–Trinajstić information content (AvgIpc) is 2.48. The van der Waals surface area contributed by atoms with Crippen molar-refractivity contribution in [1.82, 2.24) is 14.5 Å². The smallest absolute Gasteiger partial charge is 0.267 e. The normalized spacial score (nSPS) is 12.5. The summed E-state index contributed by atoms with van der Waals surface area (Å²) in [5.41, 5.74) is 7.90. The van der Waals surface area contributed by atoms with Gasteiger partial charge in [-0.3, -0.25) is 14.3 Å². The highest BCUT2D eigenvalue weighted by Gasteiger charge is 2.18. The molecule has 0 saturated carbocycles. The molecule has 0 saturated heterocycles. The fourth-order valence-corrected chi connectivity index (χ4v) is 2.69. The zero-order chi connectivity index (χ0) is 15.9. The number of aromatic nitrogens is 3. The highest BCUT2D eigenvalue weighted by molar-refractivity contribution is 6.35. The molecule has 1 atom stereocenters. The van der Waals surface area contributed by atoms with Crippen molar-refractivity contribution in [3.8, 4) is 5.69 Å². The van der Waals surface area contributed by atoms with Crippen molar-refractivity contribution in [1.29, 1.82) is 0 Å². The van der Waals surface area contributed by atoms with Crippen molar-refractivity contribution in [2.75, 3.05) is 0 Å². The van der Waals surface area contributed by atoms with Gasteiger partial charge in [-0.05, 0) is 37.6 Å². The minimum Gasteiger partial charge on any atom is -0.322 e. The van der Waals surface area contributed by atoms with Crippen LogP contribution in [0.5, 0.6) is 0 Å². The summed E-state index contributed by atoms with van der Waals surface area (Å²) in [6.07, 6.45) is 3.31. The molecule has 3 aromatic rings. The van der Waals surface area contributed by atoms with Gasteiger partial charge in [0.2, 0.25) is 0 Å². The van der Waals surface area contributed by atoms with Crippen LogP contribution in [-0.2, 0) is 0 Å². The molecule has 112 valence electrons. The Bertz CT molecular complexity index is 918. The SMILES string of the molecule is Cc1ccncc1-n1c([C@H](C)N)nc2cccc(Cl)c2c1=O. The Morgan fingerprint density at radius 1 is 1.32 bits per heavy atom. The Hall–Kier alpha value is -2.24. The predicted octanol–water partition coefficient (Wildman–Crippen LogP) is 2.76. The van der Waals surface area contributed by atoms with Crippen LogP contribution in [0.25, 0.3) is 16.6 Å². The van der Waals surface area contributed by atoms with E-state index in [1.807, 2.05) is 13.0 Å². The molecule has 5 nitrogen and oxygen atoms in total. The number of fused-ring (bicyclic) bond motifs is 1. The largest absolute Gasteiger partial charge is 0.322 e. The molecular weight excluding hydrogens is 300 g/mol. The van der Waals surface area contributed by atoms with Crippen LogP contribution in [0.3, 0.4) is 0 Å². The molecule has 0 bridgehead atoms. The zero-order valence-electron chi connectivity index (χ0n) is 12.2. The molecule has 0 amide bonds. The maximum atomic E-state index is 13.0. The van der Waals surface area contributed by atoms with Crippen LogP contribution in [0, 0.1) is 6.92 Å². The van der Waals surface area contributed by atoms with Gasteiger partial charge in [-0.1, -0.05) is 17.7 Å². The molecule has 0 radical (unpaired) electrons. The number of halogens is 1. The van der Waals surface area contributed by atoms with E-state index >= 15 is 0 Å². The number of pyridine rings is 1. The Morgan fingerprint density at radius 2 is 2.09 bits per heavy atom. The Morgan fingerprint density at radius 3 is 2.77 bits per heavy atom. The topological polar surface area (TPSA) is 73.8 Å². The highest BCUT2D eigenvalue weighted by atomic mass is 35.5. The molecule has 3 rings (SSSR count). The number of nitrogens with zero attached hydrogens (tertiary/aromatic N) is 3. The molecule has 0 aliphatic rings. The van der Waals surface area contributed by atoms with E-state index in [0.29, 0.717) is 27.4 Å². The van der Waals surface area contributed by atoms with Crippen LogP contribution >= 0.6 is 11.6 Å². The van der Waals surface area contributed by atoms with Gasteiger partial charge < -0.3 is 5.73 Å². The lowest BCUT2D eigenvalue weighted by Gasteiger charge is -2.17. The van der Waals surface area contributed by atoms with Crippen LogP contribution < -0.4 is 11.3 Å². The molecular formula is C16H15ClN4O. The third kappa shape index (κ3) is 2.28. The van der Waals surface area contributed by atoms with E-state index in [0.717, 1.165) is 5.56 Å². The molecule has 22 heavy (non-hydrogen) atoms. The maximum Gasteiger partial charge on any atom is 0.267 e. The summed E-state index contributed by atoms with van der Waals surface area (Å²) in [5, 5.41) is 0.762. The minimum atomic E-state index is -0.407. The van der Waals surface area contributed by atoms with Gasteiger partial charge in [0.15, 0.2) is 0 Å². The molecule has 0 aliphatic heterocycles. The lowest BCUT2D eigenvalue weighted by Crippen LogP contribution is -2.28. The molecule has 0 unspecified atom stereocenters. The number of hydrogen-bond donors (Lipinski definition) is 1. The fraction of sp³-hybridized carbons (Fsp3) is 0.188. The lowest BCUT2D eigenvalue weighted by molar-refractivity contribution is 0.694. The van der Waals surface area contributed by atoms with Gasteiger partial charge in [-0.2, -0.15) is 0 Å². The van der Waals surface area contributed by atoms with Gasteiger partial charge in [0.25, 0.3) is 5.56 Å². The van der Waals surface area contributed by atoms with Gasteiger partial charge in [0.05, 0.1) is 33.9 Å². The number of hydrogen-bond acceptors (Lipinski definition) is 4. The van der Waals surface area contributed by atoms with Crippen molar-refractivity contribution in [2.45, 2.75) is 19.9 Å². The van der Waals surface area contributed by atoms with Crippen LogP contribution in [0.1, 0.15) is 24.4 Å². The van der Waals surface area contributed by atoms with Crippen LogP contribution in [0.4, 0.5) is 0 Å². The van der Waals surface area contributed by atoms with Crippen molar-refractivity contribution in [2.24, 2.45) is 5.73 Å². The van der Waals surface area contributed by atoms with Gasteiger partial charge >= 0.3 is 0 Å². The van der Waals surface area contributed by atoms with Gasteiger partial charge in [-0.15, -0.1) is 0 Å². The van der Waals surface area contributed by atoms with Crippen LogP contribution in [-0.4, -0.2) is 14.5 Å². The average molecular weight is 315 g/mol. The summed E-state index contributed by atoms with van der Waals surface area (Å²) in [7, 11) is 0. The maximum absolute atomic E-state index is 13.0. The molecule has 2 N–H and O–H groups in total.